The second-order valence-electron chi connectivity index (χ2n) is 4.32. The van der Waals surface area contributed by atoms with Gasteiger partial charge in [0.1, 0.15) is 5.76 Å². The van der Waals surface area contributed by atoms with Crippen LogP contribution < -0.4 is 10.6 Å². The van der Waals surface area contributed by atoms with E-state index in [-0.39, 0.29) is 5.91 Å². The number of rotatable bonds is 6. The first-order valence-electron chi connectivity index (χ1n) is 6.34. The normalized spacial score (nSPS) is 10.4. The summed E-state index contributed by atoms with van der Waals surface area (Å²) in [6.45, 7) is 0.731. The molecule has 0 bridgehead atoms. The minimum atomic E-state index is -0.0000435. The Balaban J connectivity index is 1.91. The van der Waals surface area contributed by atoms with E-state index < -0.39 is 0 Å². The molecular weight excluding hydrogens is 240 g/mol. The lowest BCUT2D eigenvalue weighted by molar-refractivity contribution is -0.116. The molecule has 19 heavy (non-hydrogen) atoms. The van der Waals surface area contributed by atoms with Gasteiger partial charge in [-0.2, -0.15) is 0 Å². The summed E-state index contributed by atoms with van der Waals surface area (Å²) in [6, 6.07) is 11.5. The van der Waals surface area contributed by atoms with E-state index in [1.165, 1.54) is 0 Å². The third-order valence-corrected chi connectivity index (χ3v) is 2.84. The van der Waals surface area contributed by atoms with Crippen LogP contribution in [0.2, 0.25) is 0 Å². The van der Waals surface area contributed by atoms with Crippen molar-refractivity contribution in [2.45, 2.75) is 19.4 Å². The highest BCUT2D eigenvalue weighted by Gasteiger charge is 2.07. The summed E-state index contributed by atoms with van der Waals surface area (Å²) >= 11 is 0. The fourth-order valence-electron chi connectivity index (χ4n) is 1.89. The van der Waals surface area contributed by atoms with Gasteiger partial charge in [0, 0.05) is 25.1 Å². The SMILES string of the molecule is CNCc1ccccc1NC(=O)CCc1ccco1. The number of anilines is 1. The molecule has 0 fully saturated rings. The molecule has 0 saturated heterocycles. The van der Waals surface area contributed by atoms with Crippen LogP contribution in [0.15, 0.2) is 47.1 Å². The number of amides is 1. The minimum Gasteiger partial charge on any atom is -0.469 e. The van der Waals surface area contributed by atoms with Crippen molar-refractivity contribution in [1.29, 1.82) is 0 Å². The van der Waals surface area contributed by atoms with E-state index in [2.05, 4.69) is 10.6 Å². The van der Waals surface area contributed by atoms with Crippen molar-refractivity contribution in [3.8, 4) is 0 Å². The van der Waals surface area contributed by atoms with Crippen LogP contribution in [0.5, 0.6) is 0 Å². The Labute approximate surface area is 112 Å². The van der Waals surface area contributed by atoms with Crippen LogP contribution in [0.25, 0.3) is 0 Å². The van der Waals surface area contributed by atoms with E-state index in [0.717, 1.165) is 23.6 Å². The molecule has 0 spiro atoms. The molecule has 4 heteroatoms. The molecule has 0 aliphatic carbocycles. The Bertz CT molecular complexity index is 521. The van der Waals surface area contributed by atoms with Crippen LogP contribution in [0.4, 0.5) is 5.69 Å². The number of benzene rings is 1. The maximum absolute atomic E-state index is 11.9. The van der Waals surface area contributed by atoms with E-state index >= 15 is 0 Å². The van der Waals surface area contributed by atoms with Crippen molar-refractivity contribution < 1.29 is 9.21 Å². The molecule has 1 heterocycles. The molecule has 2 N–H and O–H groups in total. The van der Waals surface area contributed by atoms with Gasteiger partial charge in [0.15, 0.2) is 0 Å². The Kier molecular flexibility index (Phi) is 4.75. The first-order chi connectivity index (χ1) is 9.29. The van der Waals surface area contributed by atoms with E-state index in [1.54, 1.807) is 6.26 Å². The molecule has 1 aromatic heterocycles. The second kappa shape index (κ2) is 6.75. The molecule has 0 saturated carbocycles. The average molecular weight is 258 g/mol. The van der Waals surface area contributed by atoms with Gasteiger partial charge in [-0.15, -0.1) is 0 Å². The summed E-state index contributed by atoms with van der Waals surface area (Å²) in [5, 5.41) is 6.02. The molecule has 0 aliphatic heterocycles. The maximum atomic E-state index is 11.9. The van der Waals surface area contributed by atoms with Crippen LogP contribution in [-0.2, 0) is 17.8 Å². The summed E-state index contributed by atoms with van der Waals surface area (Å²) in [5.41, 5.74) is 1.94. The molecule has 2 aromatic rings. The van der Waals surface area contributed by atoms with E-state index in [0.29, 0.717) is 12.8 Å². The maximum Gasteiger partial charge on any atom is 0.224 e. The van der Waals surface area contributed by atoms with Gasteiger partial charge in [-0.05, 0) is 30.8 Å². The number of nitrogens with one attached hydrogen (secondary N) is 2. The van der Waals surface area contributed by atoms with Gasteiger partial charge in [-0.1, -0.05) is 18.2 Å². The van der Waals surface area contributed by atoms with Crippen molar-refractivity contribution in [3.05, 3.63) is 54.0 Å². The monoisotopic (exact) mass is 258 g/mol. The first-order valence-corrected chi connectivity index (χ1v) is 6.34. The molecule has 1 amide bonds. The Hall–Kier alpha value is -2.07. The zero-order valence-electron chi connectivity index (χ0n) is 11.0. The molecule has 100 valence electrons. The highest BCUT2D eigenvalue weighted by atomic mass is 16.3. The fraction of sp³-hybridized carbons (Fsp3) is 0.267. The largest absolute Gasteiger partial charge is 0.469 e. The van der Waals surface area contributed by atoms with Crippen LogP contribution in [-0.4, -0.2) is 13.0 Å². The highest BCUT2D eigenvalue weighted by Crippen LogP contribution is 2.15. The molecule has 4 nitrogen and oxygen atoms in total. The van der Waals surface area contributed by atoms with Crippen molar-refractivity contribution in [2.75, 3.05) is 12.4 Å². The van der Waals surface area contributed by atoms with Crippen molar-refractivity contribution in [3.63, 3.8) is 0 Å². The van der Waals surface area contributed by atoms with E-state index in [9.17, 15) is 4.79 Å². The second-order valence-corrected chi connectivity index (χ2v) is 4.32. The lowest BCUT2D eigenvalue weighted by atomic mass is 10.1. The van der Waals surface area contributed by atoms with Gasteiger partial charge in [0.05, 0.1) is 6.26 Å². The van der Waals surface area contributed by atoms with Crippen LogP contribution in [0.3, 0.4) is 0 Å². The molecule has 1 aromatic carbocycles. The van der Waals surface area contributed by atoms with Crippen molar-refractivity contribution in [2.24, 2.45) is 0 Å². The number of hydrogen-bond acceptors (Lipinski definition) is 3. The van der Waals surface area contributed by atoms with Crippen LogP contribution >= 0.6 is 0 Å². The fourth-order valence-corrected chi connectivity index (χ4v) is 1.89. The van der Waals surface area contributed by atoms with Gasteiger partial charge in [-0.3, -0.25) is 4.79 Å². The first kappa shape index (κ1) is 13.4. The van der Waals surface area contributed by atoms with Gasteiger partial charge >= 0.3 is 0 Å². The molecular formula is C15H18N2O2. The zero-order chi connectivity index (χ0) is 13.5. The summed E-state index contributed by atoms with van der Waals surface area (Å²) in [6.07, 6.45) is 2.66. The average Bonchev–Trinajstić information content (AvgIpc) is 2.92. The van der Waals surface area contributed by atoms with Gasteiger partial charge < -0.3 is 15.1 Å². The number of hydrogen-bond donors (Lipinski definition) is 2. The lowest BCUT2D eigenvalue weighted by Gasteiger charge is -2.10. The Morgan fingerprint density at radius 1 is 1.21 bits per heavy atom. The molecule has 0 aliphatic rings. The summed E-state index contributed by atoms with van der Waals surface area (Å²) < 4.78 is 5.21. The smallest absolute Gasteiger partial charge is 0.224 e. The van der Waals surface area contributed by atoms with Crippen LogP contribution in [0, 0.1) is 0 Å². The standard InChI is InChI=1S/C15H18N2O2/c1-16-11-12-5-2-3-7-14(12)17-15(18)9-8-13-6-4-10-19-13/h2-7,10,16H,8-9,11H2,1H3,(H,17,18). The third-order valence-electron chi connectivity index (χ3n) is 2.84. The summed E-state index contributed by atoms with van der Waals surface area (Å²) in [5.74, 6) is 0.832. The quantitative estimate of drug-likeness (QED) is 0.837. The third kappa shape index (κ3) is 3.96. The zero-order valence-corrected chi connectivity index (χ0v) is 11.0. The van der Waals surface area contributed by atoms with Crippen LogP contribution in [0.1, 0.15) is 17.7 Å². The Morgan fingerprint density at radius 3 is 2.79 bits per heavy atom. The summed E-state index contributed by atoms with van der Waals surface area (Å²) in [4.78, 5) is 11.9. The van der Waals surface area contributed by atoms with Gasteiger partial charge in [0.2, 0.25) is 5.91 Å². The lowest BCUT2D eigenvalue weighted by Crippen LogP contribution is -2.15. The number of aryl methyl sites for hydroxylation is 1. The number of carbonyl (C=O) groups excluding carboxylic acids is 1. The number of para-hydroxylation sites is 1. The predicted octanol–water partition coefficient (Wildman–Crippen LogP) is 2.57. The van der Waals surface area contributed by atoms with Gasteiger partial charge in [-0.25, -0.2) is 0 Å². The topological polar surface area (TPSA) is 54.3 Å². The number of furan rings is 1. The molecule has 2 rings (SSSR count). The highest BCUT2D eigenvalue weighted by molar-refractivity contribution is 5.91. The van der Waals surface area contributed by atoms with E-state index in [4.69, 9.17) is 4.42 Å². The minimum absolute atomic E-state index is 0.0000435. The molecule has 0 unspecified atom stereocenters. The number of carbonyl (C=O) groups is 1. The summed E-state index contributed by atoms with van der Waals surface area (Å²) in [7, 11) is 1.88. The Morgan fingerprint density at radius 2 is 2.05 bits per heavy atom. The predicted molar refractivity (Wildman–Crippen MR) is 74.9 cm³/mol. The van der Waals surface area contributed by atoms with Crippen molar-refractivity contribution in [1.82, 2.24) is 5.32 Å². The molecule has 0 radical (unpaired) electrons. The molecule has 0 atom stereocenters. The van der Waals surface area contributed by atoms with E-state index in [1.807, 2.05) is 43.4 Å². The van der Waals surface area contributed by atoms with Crippen molar-refractivity contribution >= 4 is 11.6 Å². The van der Waals surface area contributed by atoms with Gasteiger partial charge in [0.25, 0.3) is 0 Å².